The number of piperazine rings is 1. The van der Waals surface area contributed by atoms with Gasteiger partial charge >= 0.3 is 6.18 Å². The lowest BCUT2D eigenvalue weighted by Crippen LogP contribution is -2.49. The molecule has 2 rings (SSSR count). The lowest BCUT2D eigenvalue weighted by atomic mass is 10.2. The van der Waals surface area contributed by atoms with Gasteiger partial charge in [0.05, 0.1) is 17.6 Å². The molecule has 0 saturated carbocycles. The fourth-order valence-electron chi connectivity index (χ4n) is 2.36. The van der Waals surface area contributed by atoms with Crippen molar-refractivity contribution in [2.24, 2.45) is 0 Å². The maximum atomic E-state index is 12.7. The first-order chi connectivity index (χ1) is 9.29. The van der Waals surface area contributed by atoms with Crippen molar-refractivity contribution in [3.8, 4) is 0 Å². The highest BCUT2D eigenvalue weighted by Gasteiger charge is 2.33. The van der Waals surface area contributed by atoms with Crippen LogP contribution in [0.5, 0.6) is 0 Å². The van der Waals surface area contributed by atoms with Crippen molar-refractivity contribution in [1.82, 2.24) is 9.88 Å². The third-order valence-electron chi connectivity index (χ3n) is 3.59. The lowest BCUT2D eigenvalue weighted by molar-refractivity contribution is -0.141. The van der Waals surface area contributed by atoms with Crippen LogP contribution in [-0.4, -0.2) is 42.1 Å². The van der Waals surface area contributed by atoms with E-state index in [0.29, 0.717) is 24.8 Å². The van der Waals surface area contributed by atoms with Crippen molar-refractivity contribution in [2.75, 3.05) is 36.8 Å². The Morgan fingerprint density at radius 1 is 1.20 bits per heavy atom. The third-order valence-corrected chi connectivity index (χ3v) is 3.59. The standard InChI is InChI=1S/C13H19F3N4/c1-9(2)19-3-5-20(6-4-19)11-7-12(13(14,15)16)18-8-10(11)17/h7-9H,3-6,17H2,1-2H3. The molecule has 1 aromatic rings. The number of hydrogen-bond donors (Lipinski definition) is 1. The number of nitrogens with zero attached hydrogens (tertiary/aromatic N) is 3. The van der Waals surface area contributed by atoms with Crippen LogP contribution in [0.15, 0.2) is 12.3 Å². The Balaban J connectivity index is 2.17. The zero-order valence-corrected chi connectivity index (χ0v) is 11.6. The molecule has 2 N–H and O–H groups in total. The van der Waals surface area contributed by atoms with Gasteiger partial charge in [0.1, 0.15) is 5.69 Å². The van der Waals surface area contributed by atoms with Gasteiger partial charge in [-0.15, -0.1) is 0 Å². The number of anilines is 2. The van der Waals surface area contributed by atoms with Crippen LogP contribution in [0.25, 0.3) is 0 Å². The number of nitrogens with two attached hydrogens (primary N) is 1. The largest absolute Gasteiger partial charge is 0.433 e. The molecular formula is C13H19F3N4. The number of pyridine rings is 1. The van der Waals surface area contributed by atoms with E-state index in [1.807, 2.05) is 4.90 Å². The van der Waals surface area contributed by atoms with Crippen molar-refractivity contribution in [2.45, 2.75) is 26.1 Å². The molecule has 1 aliphatic rings. The van der Waals surface area contributed by atoms with Crippen molar-refractivity contribution in [1.29, 1.82) is 0 Å². The van der Waals surface area contributed by atoms with Crippen molar-refractivity contribution < 1.29 is 13.2 Å². The second-order valence-electron chi connectivity index (χ2n) is 5.24. The maximum Gasteiger partial charge on any atom is 0.433 e. The minimum absolute atomic E-state index is 0.288. The summed E-state index contributed by atoms with van der Waals surface area (Å²) in [5.41, 5.74) is 5.59. The normalized spacial score (nSPS) is 17.8. The molecule has 7 heteroatoms. The predicted octanol–water partition coefficient (Wildman–Crippen LogP) is 2.21. The molecular weight excluding hydrogens is 269 g/mol. The Kier molecular flexibility index (Phi) is 4.08. The predicted molar refractivity (Wildman–Crippen MR) is 72.6 cm³/mol. The summed E-state index contributed by atoms with van der Waals surface area (Å²) in [5, 5.41) is 0. The van der Waals surface area contributed by atoms with Gasteiger partial charge in [0, 0.05) is 32.2 Å². The summed E-state index contributed by atoms with van der Waals surface area (Å²) in [6, 6.07) is 1.48. The lowest BCUT2D eigenvalue weighted by Gasteiger charge is -2.38. The Labute approximate surface area is 116 Å². The molecule has 0 radical (unpaired) electrons. The molecule has 0 atom stereocenters. The fraction of sp³-hybridized carbons (Fsp3) is 0.615. The summed E-state index contributed by atoms with van der Waals surface area (Å²) in [6.45, 7) is 7.20. The molecule has 4 nitrogen and oxygen atoms in total. The molecule has 1 fully saturated rings. The molecule has 0 unspecified atom stereocenters. The van der Waals surface area contributed by atoms with Crippen LogP contribution in [0.3, 0.4) is 0 Å². The highest BCUT2D eigenvalue weighted by Crippen LogP contribution is 2.33. The quantitative estimate of drug-likeness (QED) is 0.906. The highest BCUT2D eigenvalue weighted by atomic mass is 19.4. The van der Waals surface area contributed by atoms with Gasteiger partial charge in [0.25, 0.3) is 0 Å². The summed E-state index contributed by atoms with van der Waals surface area (Å²) in [5.74, 6) is 0. The first-order valence-corrected chi connectivity index (χ1v) is 6.60. The Hall–Kier alpha value is -1.50. The van der Waals surface area contributed by atoms with E-state index < -0.39 is 11.9 Å². The molecule has 1 aromatic heterocycles. The van der Waals surface area contributed by atoms with Gasteiger partial charge in [-0.1, -0.05) is 0 Å². The monoisotopic (exact) mass is 288 g/mol. The zero-order chi connectivity index (χ0) is 14.9. The molecule has 112 valence electrons. The average Bonchev–Trinajstić information content (AvgIpc) is 2.38. The molecule has 1 saturated heterocycles. The smallest absolute Gasteiger partial charge is 0.396 e. The number of halogens is 3. The van der Waals surface area contributed by atoms with E-state index in [1.54, 1.807) is 0 Å². The number of aromatic nitrogens is 1. The second-order valence-corrected chi connectivity index (χ2v) is 5.24. The van der Waals surface area contributed by atoms with Crippen LogP contribution in [0, 0.1) is 0 Å². The Bertz CT molecular complexity index is 465. The molecule has 0 spiro atoms. The third kappa shape index (κ3) is 3.15. The zero-order valence-electron chi connectivity index (χ0n) is 11.6. The SMILES string of the molecule is CC(C)N1CCN(c2cc(C(F)(F)F)ncc2N)CC1. The van der Waals surface area contributed by atoms with Crippen LogP contribution in [0.2, 0.25) is 0 Å². The Morgan fingerprint density at radius 2 is 1.80 bits per heavy atom. The summed E-state index contributed by atoms with van der Waals surface area (Å²) in [4.78, 5) is 7.55. The number of nitrogen functional groups attached to an aromatic ring is 1. The van der Waals surface area contributed by atoms with Gasteiger partial charge in [-0.25, -0.2) is 4.98 Å². The van der Waals surface area contributed by atoms with E-state index in [9.17, 15) is 13.2 Å². The van der Waals surface area contributed by atoms with Crippen LogP contribution < -0.4 is 10.6 Å². The van der Waals surface area contributed by atoms with Crippen LogP contribution in [-0.2, 0) is 6.18 Å². The minimum Gasteiger partial charge on any atom is -0.396 e. The van der Waals surface area contributed by atoms with Crippen molar-refractivity contribution >= 4 is 11.4 Å². The molecule has 0 aromatic carbocycles. The first-order valence-electron chi connectivity index (χ1n) is 6.60. The Morgan fingerprint density at radius 3 is 2.30 bits per heavy atom. The number of hydrogen-bond acceptors (Lipinski definition) is 4. The van der Waals surface area contributed by atoms with E-state index in [-0.39, 0.29) is 5.69 Å². The molecule has 0 aliphatic carbocycles. The van der Waals surface area contributed by atoms with E-state index >= 15 is 0 Å². The van der Waals surface area contributed by atoms with Crippen LogP contribution in [0.1, 0.15) is 19.5 Å². The molecule has 1 aliphatic heterocycles. The van der Waals surface area contributed by atoms with Crippen LogP contribution >= 0.6 is 0 Å². The summed E-state index contributed by atoms with van der Waals surface area (Å²) >= 11 is 0. The molecule has 0 bridgehead atoms. The van der Waals surface area contributed by atoms with Crippen molar-refractivity contribution in [3.05, 3.63) is 18.0 Å². The van der Waals surface area contributed by atoms with Gasteiger partial charge in [0.15, 0.2) is 0 Å². The van der Waals surface area contributed by atoms with E-state index in [4.69, 9.17) is 5.73 Å². The second kappa shape index (κ2) is 5.47. The number of alkyl halides is 3. The van der Waals surface area contributed by atoms with Gasteiger partial charge in [-0.05, 0) is 19.9 Å². The van der Waals surface area contributed by atoms with E-state index in [1.165, 1.54) is 0 Å². The van der Waals surface area contributed by atoms with Crippen molar-refractivity contribution in [3.63, 3.8) is 0 Å². The van der Waals surface area contributed by atoms with Gasteiger partial charge in [-0.3, -0.25) is 4.90 Å². The molecule has 2 heterocycles. The van der Waals surface area contributed by atoms with E-state index in [2.05, 4.69) is 23.7 Å². The van der Waals surface area contributed by atoms with Gasteiger partial charge in [0.2, 0.25) is 0 Å². The molecule has 20 heavy (non-hydrogen) atoms. The average molecular weight is 288 g/mol. The van der Waals surface area contributed by atoms with Gasteiger partial charge in [-0.2, -0.15) is 13.2 Å². The summed E-state index contributed by atoms with van der Waals surface area (Å²) in [7, 11) is 0. The maximum absolute atomic E-state index is 12.7. The number of rotatable bonds is 2. The summed E-state index contributed by atoms with van der Waals surface area (Å²) in [6.07, 6.45) is -3.35. The fourth-order valence-corrected chi connectivity index (χ4v) is 2.36. The topological polar surface area (TPSA) is 45.4 Å². The van der Waals surface area contributed by atoms with E-state index in [0.717, 1.165) is 25.4 Å². The van der Waals surface area contributed by atoms with Crippen LogP contribution in [0.4, 0.5) is 24.5 Å². The highest BCUT2D eigenvalue weighted by molar-refractivity contribution is 5.67. The first kappa shape index (κ1) is 14.9. The van der Waals surface area contributed by atoms with Gasteiger partial charge < -0.3 is 10.6 Å². The summed E-state index contributed by atoms with van der Waals surface area (Å²) < 4.78 is 38.1. The minimum atomic E-state index is -4.44. The molecule has 0 amide bonds.